The van der Waals surface area contributed by atoms with Crippen LogP contribution in [0.15, 0.2) is 0 Å². The fourth-order valence-electron chi connectivity index (χ4n) is 4.69. The van der Waals surface area contributed by atoms with Crippen molar-refractivity contribution in [3.63, 3.8) is 0 Å². The van der Waals surface area contributed by atoms with Gasteiger partial charge in [0.05, 0.1) is 0 Å². The van der Waals surface area contributed by atoms with Crippen molar-refractivity contribution in [2.45, 2.75) is 95.2 Å². The summed E-state index contributed by atoms with van der Waals surface area (Å²) in [5, 5.41) is 4.57. The lowest BCUT2D eigenvalue weighted by Crippen LogP contribution is -2.53. The minimum Gasteiger partial charge on any atom is -0.294 e. The Labute approximate surface area is 119 Å². The second-order valence-corrected chi connectivity index (χ2v) is 6.93. The molecule has 0 N–H and O–H groups in total. The Morgan fingerprint density at radius 1 is 0.526 bits per heavy atom. The normalized spacial score (nSPS) is 28.9. The molecular weight excluding hydrogens is 232 g/mol. The lowest BCUT2D eigenvalue weighted by atomic mass is 9.86. The number of hydrogen-bond acceptors (Lipinski definition) is 1. The number of piperidine rings is 1. The van der Waals surface area contributed by atoms with Gasteiger partial charge in [0.2, 0.25) is 0 Å². The van der Waals surface area contributed by atoms with Crippen LogP contribution in [-0.2, 0) is 0 Å². The highest BCUT2D eigenvalue weighted by molar-refractivity contribution is 4.90. The quantitative estimate of drug-likeness (QED) is 0.758. The molecule has 1 saturated heterocycles. The second kappa shape index (κ2) is 7.08. The van der Waals surface area contributed by atoms with Crippen LogP contribution in [0.2, 0.25) is 0 Å². The number of nitrogens with zero attached hydrogens (tertiary/aromatic N) is 2. The van der Waals surface area contributed by atoms with E-state index in [1.165, 1.54) is 77.0 Å². The molecule has 1 radical (unpaired) electrons. The predicted octanol–water partition coefficient (Wildman–Crippen LogP) is 3.72. The van der Waals surface area contributed by atoms with Gasteiger partial charge in [0.15, 0.2) is 0 Å². The molecule has 3 aliphatic rings. The second-order valence-electron chi connectivity index (χ2n) is 6.93. The van der Waals surface area contributed by atoms with E-state index in [1.807, 2.05) is 0 Å². The molecule has 1 heterocycles. The maximum absolute atomic E-state index is 4.57. The van der Waals surface area contributed by atoms with Crippen molar-refractivity contribution in [2.24, 2.45) is 0 Å². The molecule has 0 aromatic rings. The van der Waals surface area contributed by atoms with Crippen molar-refractivity contribution in [3.8, 4) is 0 Å². The highest BCUT2D eigenvalue weighted by Gasteiger charge is 2.34. The summed E-state index contributed by atoms with van der Waals surface area (Å²) in [5.74, 6) is 0. The van der Waals surface area contributed by atoms with E-state index in [2.05, 4.69) is 10.2 Å². The third-order valence-electron chi connectivity index (χ3n) is 5.66. The Morgan fingerprint density at radius 2 is 0.947 bits per heavy atom. The molecule has 0 aromatic carbocycles. The summed E-state index contributed by atoms with van der Waals surface area (Å²) >= 11 is 0. The Balaban J connectivity index is 1.68. The van der Waals surface area contributed by atoms with Crippen molar-refractivity contribution in [3.05, 3.63) is 0 Å². The molecule has 0 bridgehead atoms. The van der Waals surface area contributed by atoms with E-state index in [0.29, 0.717) is 0 Å². The molecule has 0 unspecified atom stereocenters. The first-order valence-electron chi connectivity index (χ1n) is 8.86. The molecule has 3 fully saturated rings. The number of rotatable bonds is 3. The Morgan fingerprint density at radius 3 is 1.42 bits per heavy atom. The van der Waals surface area contributed by atoms with Gasteiger partial charge < -0.3 is 0 Å². The molecule has 2 heteroatoms. The first kappa shape index (κ1) is 13.9. The van der Waals surface area contributed by atoms with E-state index in [1.54, 1.807) is 0 Å². The zero-order chi connectivity index (χ0) is 12.9. The van der Waals surface area contributed by atoms with E-state index in [0.717, 1.165) is 31.2 Å². The molecule has 2 saturated carbocycles. The molecule has 0 amide bonds. The van der Waals surface area contributed by atoms with E-state index in [4.69, 9.17) is 0 Å². The van der Waals surface area contributed by atoms with Gasteiger partial charge in [0.1, 0.15) is 0 Å². The minimum atomic E-state index is 0.865. The highest BCUT2D eigenvalue weighted by Crippen LogP contribution is 2.33. The molecule has 2 nitrogen and oxygen atoms in total. The Bertz CT molecular complexity index is 205. The lowest BCUT2D eigenvalue weighted by Gasteiger charge is -2.47. The zero-order valence-electron chi connectivity index (χ0n) is 12.5. The maximum atomic E-state index is 4.57. The predicted molar refractivity (Wildman–Crippen MR) is 80.5 cm³/mol. The molecule has 19 heavy (non-hydrogen) atoms. The molecule has 0 spiro atoms. The first-order chi connectivity index (χ1) is 9.45. The maximum Gasteiger partial charge on any atom is 0.0148 e. The molecule has 2 aliphatic carbocycles. The SMILES string of the molecule is C1CCC(N(C2CCCCC2)C2CC[N]CC2)CC1. The fourth-order valence-corrected chi connectivity index (χ4v) is 4.69. The summed E-state index contributed by atoms with van der Waals surface area (Å²) in [7, 11) is 0. The van der Waals surface area contributed by atoms with Crippen LogP contribution in [0, 0.1) is 0 Å². The minimum absolute atomic E-state index is 0.865. The van der Waals surface area contributed by atoms with Gasteiger partial charge in [-0.05, 0) is 38.5 Å². The van der Waals surface area contributed by atoms with E-state index in [9.17, 15) is 0 Å². The van der Waals surface area contributed by atoms with Gasteiger partial charge in [-0.25, -0.2) is 5.32 Å². The van der Waals surface area contributed by atoms with Gasteiger partial charge in [-0.3, -0.25) is 4.90 Å². The summed E-state index contributed by atoms with van der Waals surface area (Å²) in [6.07, 6.45) is 17.5. The third-order valence-corrected chi connectivity index (χ3v) is 5.66. The molecule has 0 atom stereocenters. The largest absolute Gasteiger partial charge is 0.294 e. The van der Waals surface area contributed by atoms with Crippen LogP contribution in [0.3, 0.4) is 0 Å². The van der Waals surface area contributed by atoms with Crippen LogP contribution in [0.1, 0.15) is 77.0 Å². The van der Waals surface area contributed by atoms with Crippen molar-refractivity contribution in [2.75, 3.05) is 13.1 Å². The highest BCUT2D eigenvalue weighted by atomic mass is 15.2. The lowest BCUT2D eigenvalue weighted by molar-refractivity contribution is 0.0245. The first-order valence-corrected chi connectivity index (χ1v) is 8.86. The monoisotopic (exact) mass is 263 g/mol. The van der Waals surface area contributed by atoms with Crippen LogP contribution in [0.4, 0.5) is 0 Å². The van der Waals surface area contributed by atoms with E-state index < -0.39 is 0 Å². The van der Waals surface area contributed by atoms with Crippen molar-refractivity contribution in [1.82, 2.24) is 10.2 Å². The van der Waals surface area contributed by atoms with Gasteiger partial charge in [0.25, 0.3) is 0 Å². The van der Waals surface area contributed by atoms with Crippen LogP contribution in [0.5, 0.6) is 0 Å². The van der Waals surface area contributed by atoms with Gasteiger partial charge >= 0.3 is 0 Å². The third kappa shape index (κ3) is 3.52. The van der Waals surface area contributed by atoms with Crippen LogP contribution in [-0.4, -0.2) is 36.1 Å². The van der Waals surface area contributed by atoms with E-state index >= 15 is 0 Å². The smallest absolute Gasteiger partial charge is 0.0148 e. The average Bonchev–Trinajstić information content (AvgIpc) is 2.51. The van der Waals surface area contributed by atoms with Crippen molar-refractivity contribution < 1.29 is 0 Å². The van der Waals surface area contributed by atoms with Crippen LogP contribution in [0.25, 0.3) is 0 Å². The Kier molecular flexibility index (Phi) is 5.17. The topological polar surface area (TPSA) is 17.3 Å². The summed E-state index contributed by atoms with van der Waals surface area (Å²) in [4.78, 5) is 3.02. The molecular formula is C17H31N2. The van der Waals surface area contributed by atoms with Gasteiger partial charge in [-0.2, -0.15) is 0 Å². The number of hydrogen-bond donors (Lipinski definition) is 0. The van der Waals surface area contributed by atoms with Gasteiger partial charge in [-0.1, -0.05) is 38.5 Å². The zero-order valence-corrected chi connectivity index (χ0v) is 12.5. The van der Waals surface area contributed by atoms with Crippen LogP contribution >= 0.6 is 0 Å². The molecule has 1 aliphatic heterocycles. The summed E-state index contributed by atoms with van der Waals surface area (Å²) in [6, 6.07) is 2.70. The van der Waals surface area contributed by atoms with Gasteiger partial charge in [0, 0.05) is 31.2 Å². The fraction of sp³-hybridized carbons (Fsp3) is 1.00. The standard InChI is InChI=1S/C17H31N2/c1-3-7-15(8-4-1)19(16-9-5-2-6-10-16)17-11-13-18-14-12-17/h15-17H,1-14H2. The van der Waals surface area contributed by atoms with Crippen LogP contribution < -0.4 is 5.32 Å². The van der Waals surface area contributed by atoms with Crippen molar-refractivity contribution in [1.29, 1.82) is 0 Å². The molecule has 109 valence electrons. The Hall–Kier alpha value is -0.0800. The molecule has 3 rings (SSSR count). The summed E-state index contributed by atoms with van der Waals surface area (Å²) in [5.41, 5.74) is 0. The van der Waals surface area contributed by atoms with Crippen molar-refractivity contribution >= 4 is 0 Å². The summed E-state index contributed by atoms with van der Waals surface area (Å²) in [6.45, 7) is 2.25. The summed E-state index contributed by atoms with van der Waals surface area (Å²) < 4.78 is 0. The average molecular weight is 263 g/mol. The van der Waals surface area contributed by atoms with Gasteiger partial charge in [-0.15, -0.1) is 0 Å². The van der Waals surface area contributed by atoms with E-state index in [-0.39, 0.29) is 0 Å². The molecule has 0 aromatic heterocycles.